The van der Waals surface area contributed by atoms with Crippen LogP contribution < -0.4 is 10.6 Å². The van der Waals surface area contributed by atoms with Crippen molar-refractivity contribution < 1.29 is 4.79 Å². The number of fused-ring (bicyclic) bond motifs is 1. The summed E-state index contributed by atoms with van der Waals surface area (Å²) >= 11 is 0. The van der Waals surface area contributed by atoms with Gasteiger partial charge in [0.25, 0.3) is 0 Å². The summed E-state index contributed by atoms with van der Waals surface area (Å²) in [5, 5.41) is 14.1. The Kier molecular flexibility index (Phi) is 2.45. The molecule has 17 heavy (non-hydrogen) atoms. The lowest BCUT2D eigenvalue weighted by atomic mass is 10.1. The fourth-order valence-electron chi connectivity index (χ4n) is 1.93. The van der Waals surface area contributed by atoms with Crippen molar-refractivity contribution in [3.8, 4) is 0 Å². The zero-order chi connectivity index (χ0) is 11.7. The fraction of sp³-hybridized carbons (Fsp3) is 0.400. The first-order chi connectivity index (χ1) is 8.34. The van der Waals surface area contributed by atoms with Crippen molar-refractivity contribution in [2.45, 2.75) is 12.5 Å². The van der Waals surface area contributed by atoms with Gasteiger partial charge in [0.05, 0.1) is 6.04 Å². The number of rotatable bonds is 2. The summed E-state index contributed by atoms with van der Waals surface area (Å²) in [5.41, 5.74) is 0.742. The van der Waals surface area contributed by atoms with Crippen molar-refractivity contribution in [3.63, 3.8) is 0 Å². The molecule has 0 aliphatic carbocycles. The van der Waals surface area contributed by atoms with Crippen LogP contribution in [0, 0.1) is 0 Å². The summed E-state index contributed by atoms with van der Waals surface area (Å²) in [5.74, 6) is 0.750. The van der Waals surface area contributed by atoms with E-state index < -0.39 is 0 Å². The first kappa shape index (κ1) is 10.2. The quantitative estimate of drug-likeness (QED) is 0.676. The smallest absolute Gasteiger partial charge is 0.237 e. The van der Waals surface area contributed by atoms with E-state index in [1.807, 2.05) is 0 Å². The Balaban J connectivity index is 1.87. The summed E-state index contributed by atoms with van der Waals surface area (Å²) < 4.78 is 1.80. The molecular formula is C10H12N6O. The minimum atomic E-state index is -0.239. The average molecular weight is 232 g/mol. The Hall–Kier alpha value is -2.02. The first-order valence-corrected chi connectivity index (χ1v) is 5.49. The van der Waals surface area contributed by atoms with Gasteiger partial charge in [0.15, 0.2) is 5.65 Å². The second-order valence-corrected chi connectivity index (χ2v) is 3.93. The molecule has 88 valence electrons. The van der Waals surface area contributed by atoms with E-state index in [0.29, 0.717) is 13.0 Å². The maximum absolute atomic E-state index is 11.6. The molecule has 1 amide bonds. The van der Waals surface area contributed by atoms with E-state index >= 15 is 0 Å². The number of hydrogen-bond donors (Lipinski definition) is 2. The van der Waals surface area contributed by atoms with Crippen LogP contribution in [-0.2, 0) is 11.2 Å². The molecule has 0 bridgehead atoms. The van der Waals surface area contributed by atoms with E-state index in [1.165, 1.54) is 0 Å². The number of amides is 1. The van der Waals surface area contributed by atoms with Gasteiger partial charge in [-0.05, 0) is 0 Å². The highest BCUT2D eigenvalue weighted by Crippen LogP contribution is 2.05. The van der Waals surface area contributed by atoms with Crippen LogP contribution in [0.1, 0.15) is 5.82 Å². The monoisotopic (exact) mass is 232 g/mol. The highest BCUT2D eigenvalue weighted by molar-refractivity contribution is 5.82. The molecule has 1 fully saturated rings. The van der Waals surface area contributed by atoms with Gasteiger partial charge >= 0.3 is 0 Å². The van der Waals surface area contributed by atoms with Crippen molar-refractivity contribution in [1.82, 2.24) is 30.2 Å². The Labute approximate surface area is 97.3 Å². The summed E-state index contributed by atoms with van der Waals surface area (Å²) in [6.45, 7) is 1.46. The lowest BCUT2D eigenvalue weighted by molar-refractivity contribution is -0.124. The second-order valence-electron chi connectivity index (χ2n) is 3.93. The van der Waals surface area contributed by atoms with Gasteiger partial charge in [0.2, 0.25) is 5.91 Å². The van der Waals surface area contributed by atoms with E-state index in [9.17, 15) is 4.79 Å². The van der Waals surface area contributed by atoms with Crippen LogP contribution >= 0.6 is 0 Å². The van der Waals surface area contributed by atoms with Crippen LogP contribution in [-0.4, -0.2) is 44.6 Å². The number of hydrogen-bond acceptors (Lipinski definition) is 5. The van der Waals surface area contributed by atoms with Crippen LogP contribution in [0.3, 0.4) is 0 Å². The predicted molar refractivity (Wildman–Crippen MR) is 59.3 cm³/mol. The molecule has 7 heteroatoms. The van der Waals surface area contributed by atoms with Gasteiger partial charge in [0, 0.05) is 31.8 Å². The molecular weight excluding hydrogens is 220 g/mol. The predicted octanol–water partition coefficient (Wildman–Crippen LogP) is -1.25. The maximum atomic E-state index is 11.6. The third kappa shape index (κ3) is 1.84. The molecule has 1 aliphatic heterocycles. The molecule has 1 unspecified atom stereocenters. The van der Waals surface area contributed by atoms with Crippen molar-refractivity contribution in [2.75, 3.05) is 13.1 Å². The SMILES string of the molecule is O=C1NCCNC1Cc1nnc2ccncn12. The van der Waals surface area contributed by atoms with Gasteiger partial charge in [-0.15, -0.1) is 10.2 Å². The van der Waals surface area contributed by atoms with Crippen LogP contribution in [0.25, 0.3) is 5.65 Å². The molecule has 7 nitrogen and oxygen atoms in total. The minimum Gasteiger partial charge on any atom is -0.353 e. The van der Waals surface area contributed by atoms with E-state index in [4.69, 9.17) is 0 Å². The zero-order valence-electron chi connectivity index (χ0n) is 9.13. The Morgan fingerprint density at radius 1 is 1.41 bits per heavy atom. The summed E-state index contributed by atoms with van der Waals surface area (Å²) in [7, 11) is 0. The molecule has 3 heterocycles. The second kappa shape index (κ2) is 4.10. The first-order valence-electron chi connectivity index (χ1n) is 5.49. The Morgan fingerprint density at radius 3 is 3.24 bits per heavy atom. The zero-order valence-corrected chi connectivity index (χ0v) is 9.13. The lowest BCUT2D eigenvalue weighted by Gasteiger charge is -2.22. The number of nitrogens with one attached hydrogen (secondary N) is 2. The molecule has 2 aromatic heterocycles. The largest absolute Gasteiger partial charge is 0.353 e. The maximum Gasteiger partial charge on any atom is 0.237 e. The molecule has 2 N–H and O–H groups in total. The highest BCUT2D eigenvalue weighted by atomic mass is 16.2. The van der Waals surface area contributed by atoms with E-state index in [1.54, 1.807) is 23.0 Å². The molecule has 0 radical (unpaired) electrons. The highest BCUT2D eigenvalue weighted by Gasteiger charge is 2.23. The van der Waals surface area contributed by atoms with Gasteiger partial charge in [-0.1, -0.05) is 0 Å². The molecule has 1 atom stereocenters. The summed E-state index contributed by atoms with van der Waals surface area (Å²) in [4.78, 5) is 15.6. The number of aromatic nitrogens is 4. The van der Waals surface area contributed by atoms with Crippen molar-refractivity contribution in [3.05, 3.63) is 24.4 Å². The Morgan fingerprint density at radius 2 is 2.35 bits per heavy atom. The van der Waals surface area contributed by atoms with Gasteiger partial charge in [-0.3, -0.25) is 9.20 Å². The number of nitrogens with zero attached hydrogens (tertiary/aromatic N) is 4. The fourth-order valence-corrected chi connectivity index (χ4v) is 1.93. The molecule has 0 spiro atoms. The molecule has 0 aromatic carbocycles. The topological polar surface area (TPSA) is 84.2 Å². The van der Waals surface area contributed by atoms with Crippen molar-refractivity contribution in [2.24, 2.45) is 0 Å². The van der Waals surface area contributed by atoms with Gasteiger partial charge in [0.1, 0.15) is 12.2 Å². The molecule has 1 aliphatic rings. The molecule has 0 saturated carbocycles. The van der Waals surface area contributed by atoms with E-state index in [0.717, 1.165) is 18.0 Å². The number of piperazine rings is 1. The van der Waals surface area contributed by atoms with Gasteiger partial charge in [-0.2, -0.15) is 0 Å². The number of carbonyl (C=O) groups is 1. The molecule has 1 saturated heterocycles. The Bertz CT molecular complexity index is 550. The van der Waals surface area contributed by atoms with Crippen LogP contribution in [0.4, 0.5) is 0 Å². The third-order valence-electron chi connectivity index (χ3n) is 2.80. The van der Waals surface area contributed by atoms with Crippen LogP contribution in [0.5, 0.6) is 0 Å². The van der Waals surface area contributed by atoms with Crippen molar-refractivity contribution in [1.29, 1.82) is 0 Å². The third-order valence-corrected chi connectivity index (χ3v) is 2.80. The summed E-state index contributed by atoms with van der Waals surface area (Å²) in [6.07, 6.45) is 3.84. The van der Waals surface area contributed by atoms with Crippen molar-refractivity contribution >= 4 is 11.6 Å². The van der Waals surface area contributed by atoms with E-state index in [2.05, 4.69) is 25.8 Å². The van der Waals surface area contributed by atoms with E-state index in [-0.39, 0.29) is 11.9 Å². The normalized spacial score (nSPS) is 20.5. The molecule has 2 aromatic rings. The van der Waals surface area contributed by atoms with Crippen LogP contribution in [0.2, 0.25) is 0 Å². The van der Waals surface area contributed by atoms with Gasteiger partial charge in [-0.25, -0.2) is 4.98 Å². The standard InChI is InChI=1S/C10H12N6O/c17-10-7(12-3-4-13-10)5-9-15-14-8-1-2-11-6-16(8)9/h1-2,6-7,12H,3-5H2,(H,13,17). The molecule has 3 rings (SSSR count). The lowest BCUT2D eigenvalue weighted by Crippen LogP contribution is -2.53. The minimum absolute atomic E-state index is 0.0110. The summed E-state index contributed by atoms with van der Waals surface area (Å²) in [6, 6.07) is 1.54. The van der Waals surface area contributed by atoms with Crippen LogP contribution in [0.15, 0.2) is 18.6 Å². The van der Waals surface area contributed by atoms with Gasteiger partial charge < -0.3 is 10.6 Å². The number of carbonyl (C=O) groups excluding carboxylic acids is 1. The average Bonchev–Trinajstić information content (AvgIpc) is 2.76.